The molecule has 51 heavy (non-hydrogen) atoms. The minimum Gasteiger partial charge on any atom is -0.417 e. The first-order chi connectivity index (χ1) is 23.9. The largest absolute Gasteiger partial charge is 0.417 e. The van der Waals surface area contributed by atoms with Gasteiger partial charge in [-0.25, -0.2) is 0 Å². The topological polar surface area (TPSA) is 55.4 Å². The molecule has 6 nitrogen and oxygen atoms in total. The van der Waals surface area contributed by atoms with E-state index in [4.69, 9.17) is 27.8 Å². The number of ether oxygens (including phenoxy) is 4. The van der Waals surface area contributed by atoms with Gasteiger partial charge in [0.1, 0.15) is 0 Å². The third-order valence-electron chi connectivity index (χ3n) is 10.9. The van der Waals surface area contributed by atoms with Crippen LogP contribution in [0.1, 0.15) is 85.3 Å². The van der Waals surface area contributed by atoms with E-state index < -0.39 is 22.4 Å². The molecule has 0 amide bonds. The molecule has 0 N–H and O–H groups in total. The maximum Gasteiger partial charge on any atom is 0.193 e. The fourth-order valence-electron chi connectivity index (χ4n) is 5.58. The number of allylic oxidation sites excluding steroid dienone is 2. The molecule has 0 aromatic heterocycles. The van der Waals surface area contributed by atoms with E-state index in [0.717, 1.165) is 37.0 Å². The molecular formula is C43H70O6Si2. The monoisotopic (exact) mass is 738 g/mol. The molecule has 2 aromatic rings. The molecule has 1 saturated heterocycles. The average molecular weight is 739 g/mol. The molecule has 0 saturated carbocycles. The zero-order chi connectivity index (χ0) is 37.6. The van der Waals surface area contributed by atoms with Crippen LogP contribution >= 0.6 is 0 Å². The standard InChI is InChI=1S/C43H70O6Si2/c1-36(22-19-30-48-50(8,9)41(2,3)4)21-18-28-46-43(27-20-29-47-43)40(49-51(10,11)42(5,6)7)31-39(34-44-32-37-23-14-12-15-24-37)35-45-33-38-25-16-13-17-26-38/h12-18,21-26,39-40H,19-20,27-35H2,1-11H3/b21-18+,36-22+. The minimum atomic E-state index is -2.20. The summed E-state index contributed by atoms with van der Waals surface area (Å²) in [5.41, 5.74) is 3.53. The van der Waals surface area contributed by atoms with E-state index in [-0.39, 0.29) is 22.1 Å². The van der Waals surface area contributed by atoms with Crippen molar-refractivity contribution < 1.29 is 27.8 Å². The maximum atomic E-state index is 7.28. The van der Waals surface area contributed by atoms with Crippen molar-refractivity contribution in [2.45, 2.75) is 136 Å². The van der Waals surface area contributed by atoms with Crippen molar-refractivity contribution in [1.29, 1.82) is 0 Å². The van der Waals surface area contributed by atoms with Crippen LogP contribution < -0.4 is 0 Å². The summed E-state index contributed by atoms with van der Waals surface area (Å²) < 4.78 is 39.7. The van der Waals surface area contributed by atoms with E-state index in [2.05, 4.69) is 141 Å². The number of hydrogen-bond acceptors (Lipinski definition) is 6. The molecule has 2 atom stereocenters. The smallest absolute Gasteiger partial charge is 0.193 e. The van der Waals surface area contributed by atoms with Gasteiger partial charge in [0.25, 0.3) is 0 Å². The van der Waals surface area contributed by atoms with Gasteiger partial charge < -0.3 is 27.8 Å². The summed E-state index contributed by atoms with van der Waals surface area (Å²) in [5.74, 6) is -0.739. The van der Waals surface area contributed by atoms with Crippen LogP contribution in [-0.2, 0) is 41.0 Å². The molecular weight excluding hydrogens is 669 g/mol. The lowest BCUT2D eigenvalue weighted by molar-refractivity contribution is -0.255. The molecule has 1 heterocycles. The predicted molar refractivity (Wildman–Crippen MR) is 217 cm³/mol. The van der Waals surface area contributed by atoms with Gasteiger partial charge in [-0.2, -0.15) is 0 Å². The first kappa shape index (κ1) is 43.5. The predicted octanol–water partition coefficient (Wildman–Crippen LogP) is 11.3. The summed E-state index contributed by atoms with van der Waals surface area (Å²) in [4.78, 5) is 0. The van der Waals surface area contributed by atoms with Gasteiger partial charge in [-0.1, -0.05) is 126 Å². The van der Waals surface area contributed by atoms with Crippen LogP contribution in [-0.4, -0.2) is 61.6 Å². The molecule has 2 unspecified atom stereocenters. The molecule has 1 aliphatic rings. The first-order valence-electron chi connectivity index (χ1n) is 19.1. The third-order valence-corrected chi connectivity index (χ3v) is 19.9. The maximum absolute atomic E-state index is 7.28. The number of benzene rings is 2. The Balaban J connectivity index is 1.75. The van der Waals surface area contributed by atoms with E-state index in [1.54, 1.807) is 0 Å². The SMILES string of the molecule is CC(/C=C/COC1(C(CC(COCc2ccccc2)COCc2ccccc2)O[Si](C)(C)C(C)(C)C)CCCO1)=C\CCO[Si](C)(C)C(C)(C)C. The Hall–Kier alpha value is -1.89. The van der Waals surface area contributed by atoms with Crippen molar-refractivity contribution in [3.8, 4) is 0 Å². The summed E-state index contributed by atoms with van der Waals surface area (Å²) in [6, 6.07) is 20.7. The second-order valence-corrected chi connectivity index (χ2v) is 26.9. The van der Waals surface area contributed by atoms with E-state index in [1.165, 1.54) is 5.57 Å². The molecule has 0 spiro atoms. The van der Waals surface area contributed by atoms with Gasteiger partial charge in [-0.3, -0.25) is 0 Å². The highest BCUT2D eigenvalue weighted by Crippen LogP contribution is 2.43. The van der Waals surface area contributed by atoms with Crippen LogP contribution in [0.3, 0.4) is 0 Å². The van der Waals surface area contributed by atoms with Gasteiger partial charge in [0, 0.05) is 18.9 Å². The molecule has 0 aliphatic carbocycles. The Morgan fingerprint density at radius 2 is 1.37 bits per heavy atom. The molecule has 2 aromatic carbocycles. The van der Waals surface area contributed by atoms with Gasteiger partial charge in [0.2, 0.25) is 0 Å². The van der Waals surface area contributed by atoms with Gasteiger partial charge in [-0.05, 0) is 73.6 Å². The molecule has 1 aliphatic heterocycles. The molecule has 1 fully saturated rings. The van der Waals surface area contributed by atoms with Crippen molar-refractivity contribution >= 4 is 16.6 Å². The molecule has 3 rings (SSSR count). The highest BCUT2D eigenvalue weighted by molar-refractivity contribution is 6.74. The van der Waals surface area contributed by atoms with Crippen molar-refractivity contribution in [2.75, 3.05) is 33.0 Å². The zero-order valence-electron chi connectivity index (χ0n) is 33.9. The van der Waals surface area contributed by atoms with E-state index >= 15 is 0 Å². The van der Waals surface area contributed by atoms with Crippen molar-refractivity contribution in [3.05, 3.63) is 95.6 Å². The van der Waals surface area contributed by atoms with Gasteiger partial charge in [0.15, 0.2) is 22.4 Å². The lowest BCUT2D eigenvalue weighted by Crippen LogP contribution is -2.54. The molecule has 0 radical (unpaired) electrons. The van der Waals surface area contributed by atoms with E-state index in [0.29, 0.717) is 46.1 Å². The van der Waals surface area contributed by atoms with Crippen LogP contribution in [0.25, 0.3) is 0 Å². The van der Waals surface area contributed by atoms with Crippen LogP contribution in [0, 0.1) is 5.92 Å². The van der Waals surface area contributed by atoms with E-state index in [9.17, 15) is 0 Å². The van der Waals surface area contributed by atoms with Crippen LogP contribution in [0.5, 0.6) is 0 Å². The van der Waals surface area contributed by atoms with Crippen molar-refractivity contribution in [1.82, 2.24) is 0 Å². The fraction of sp³-hybridized carbons (Fsp3) is 0.628. The summed E-state index contributed by atoms with van der Waals surface area (Å²) in [6.45, 7) is 29.2. The van der Waals surface area contributed by atoms with Crippen LogP contribution in [0.4, 0.5) is 0 Å². The Kier molecular flexibility index (Phi) is 17.0. The fourth-order valence-corrected chi connectivity index (χ4v) is 7.98. The summed E-state index contributed by atoms with van der Waals surface area (Å²) >= 11 is 0. The zero-order valence-corrected chi connectivity index (χ0v) is 35.9. The second-order valence-electron chi connectivity index (χ2n) is 17.3. The molecule has 286 valence electrons. The summed E-state index contributed by atoms with van der Waals surface area (Å²) in [6.07, 6.45) is 9.60. The summed E-state index contributed by atoms with van der Waals surface area (Å²) in [5, 5.41) is 0.252. The average Bonchev–Trinajstić information content (AvgIpc) is 3.55. The lowest BCUT2D eigenvalue weighted by Gasteiger charge is -2.45. The first-order valence-corrected chi connectivity index (χ1v) is 24.9. The Labute approximate surface area is 313 Å². The number of rotatable bonds is 21. The number of hydrogen-bond donors (Lipinski definition) is 0. The highest BCUT2D eigenvalue weighted by Gasteiger charge is 2.50. The van der Waals surface area contributed by atoms with E-state index in [1.807, 2.05) is 12.1 Å². The van der Waals surface area contributed by atoms with Gasteiger partial charge in [0.05, 0.1) is 45.7 Å². The van der Waals surface area contributed by atoms with Gasteiger partial charge >= 0.3 is 0 Å². The minimum absolute atomic E-state index is 0.0320. The molecule has 0 bridgehead atoms. The Bertz CT molecular complexity index is 1280. The summed E-state index contributed by atoms with van der Waals surface area (Å²) in [7, 11) is -3.94. The van der Waals surface area contributed by atoms with Crippen LogP contribution in [0.15, 0.2) is 84.5 Å². The van der Waals surface area contributed by atoms with Gasteiger partial charge in [-0.15, -0.1) is 0 Å². The second kappa shape index (κ2) is 20.0. The third kappa shape index (κ3) is 14.5. The van der Waals surface area contributed by atoms with Crippen LogP contribution in [0.2, 0.25) is 36.3 Å². The van der Waals surface area contributed by atoms with Crippen molar-refractivity contribution in [2.24, 2.45) is 5.92 Å². The van der Waals surface area contributed by atoms with Crippen molar-refractivity contribution in [3.63, 3.8) is 0 Å². The normalized spacial score (nSPS) is 18.6. The quantitative estimate of drug-likeness (QED) is 0.0722. The highest BCUT2D eigenvalue weighted by atomic mass is 28.4. The lowest BCUT2D eigenvalue weighted by atomic mass is 9.95. The molecule has 8 heteroatoms. The Morgan fingerprint density at radius 3 is 1.86 bits per heavy atom. The Morgan fingerprint density at radius 1 is 0.824 bits per heavy atom.